The Balaban J connectivity index is 2.43. The van der Waals surface area contributed by atoms with E-state index in [0.29, 0.717) is 0 Å². The number of carbonyl (C=O) groups excluding carboxylic acids is 1. The Labute approximate surface area is 146 Å². The fourth-order valence-corrected chi connectivity index (χ4v) is 1.83. The van der Waals surface area contributed by atoms with Gasteiger partial charge in [-0.2, -0.15) is 0 Å². The number of esters is 1. The summed E-state index contributed by atoms with van der Waals surface area (Å²) in [6.07, 6.45) is -2.64. The summed E-state index contributed by atoms with van der Waals surface area (Å²) in [4.78, 5) is 76.6. The lowest BCUT2D eigenvalue weighted by atomic mass is 10.2. The van der Waals surface area contributed by atoms with E-state index in [1.54, 1.807) is 4.98 Å². The first-order valence-corrected chi connectivity index (χ1v) is 7.01. The number of ether oxygens (including phenoxy) is 3. The van der Waals surface area contributed by atoms with Crippen LogP contribution >= 0.6 is 0 Å². The summed E-state index contributed by atoms with van der Waals surface area (Å²) in [7, 11) is 0.918. The molecule has 0 aromatic carbocycles. The minimum absolute atomic E-state index is 0.616. The highest BCUT2D eigenvalue weighted by Crippen LogP contribution is 2.13. The standard InChI is InChI=1S/C13H12N4O10/c1-25-11(22)7(27-5-3-15-13(24)17-9(5)19)6(10(20)21)26-4-2-14-12(23)16-8(4)18/h2-3,6-7H,1H3,(H,20,21)(H2,14,16,18,23)(H2,15,17,19,24). The highest BCUT2D eigenvalue weighted by atomic mass is 16.6. The van der Waals surface area contributed by atoms with Crippen molar-refractivity contribution in [3.63, 3.8) is 0 Å². The fraction of sp³-hybridized carbons (Fsp3) is 0.231. The molecule has 5 N–H and O–H groups in total. The number of methoxy groups -OCH3 is 1. The number of aliphatic carboxylic acids is 1. The van der Waals surface area contributed by atoms with Gasteiger partial charge in [0.05, 0.1) is 19.5 Å². The van der Waals surface area contributed by atoms with Gasteiger partial charge in [0.1, 0.15) is 0 Å². The van der Waals surface area contributed by atoms with Gasteiger partial charge in [-0.05, 0) is 0 Å². The van der Waals surface area contributed by atoms with Crippen LogP contribution in [-0.2, 0) is 14.3 Å². The summed E-state index contributed by atoms with van der Waals surface area (Å²) in [5.41, 5.74) is -3.87. The first kappa shape index (κ1) is 19.2. The van der Waals surface area contributed by atoms with Crippen molar-refractivity contribution in [3.05, 3.63) is 54.1 Å². The molecule has 2 heterocycles. The number of nitrogens with one attached hydrogen (secondary N) is 4. The predicted octanol–water partition coefficient (Wildman–Crippen LogP) is -3.11. The second-order valence-corrected chi connectivity index (χ2v) is 4.81. The molecule has 0 spiro atoms. The average Bonchev–Trinajstić information content (AvgIpc) is 2.60. The van der Waals surface area contributed by atoms with Crippen LogP contribution in [0.2, 0.25) is 0 Å². The van der Waals surface area contributed by atoms with E-state index < -0.39 is 58.1 Å². The van der Waals surface area contributed by atoms with E-state index in [2.05, 4.69) is 14.7 Å². The molecule has 0 saturated carbocycles. The maximum Gasteiger partial charge on any atom is 0.351 e. The first-order valence-electron chi connectivity index (χ1n) is 7.01. The summed E-state index contributed by atoms with van der Waals surface area (Å²) in [5.74, 6) is -4.27. The van der Waals surface area contributed by atoms with E-state index in [1.807, 2.05) is 4.98 Å². The molecule has 2 atom stereocenters. The topological polar surface area (TPSA) is 213 Å². The van der Waals surface area contributed by atoms with Gasteiger partial charge in [0.25, 0.3) is 11.1 Å². The normalized spacial score (nSPS) is 12.6. The third-order valence-electron chi connectivity index (χ3n) is 3.03. The van der Waals surface area contributed by atoms with E-state index in [4.69, 9.17) is 9.47 Å². The second kappa shape index (κ2) is 7.85. The molecule has 0 radical (unpaired) electrons. The Morgan fingerprint density at radius 1 is 0.889 bits per heavy atom. The van der Waals surface area contributed by atoms with Gasteiger partial charge < -0.3 is 29.3 Å². The Morgan fingerprint density at radius 2 is 1.33 bits per heavy atom. The molecule has 14 nitrogen and oxygen atoms in total. The summed E-state index contributed by atoms with van der Waals surface area (Å²) in [6, 6.07) is 0. The molecule has 0 fully saturated rings. The summed E-state index contributed by atoms with van der Waals surface area (Å²) in [5, 5.41) is 9.35. The van der Waals surface area contributed by atoms with Gasteiger partial charge in [-0.25, -0.2) is 19.2 Å². The van der Waals surface area contributed by atoms with Crippen LogP contribution in [0.5, 0.6) is 11.5 Å². The number of rotatable bonds is 7. The van der Waals surface area contributed by atoms with Crippen LogP contribution in [0.25, 0.3) is 0 Å². The van der Waals surface area contributed by atoms with Crippen LogP contribution in [0.4, 0.5) is 0 Å². The lowest BCUT2D eigenvalue weighted by Gasteiger charge is -2.22. The van der Waals surface area contributed by atoms with E-state index in [9.17, 15) is 33.9 Å². The van der Waals surface area contributed by atoms with Crippen molar-refractivity contribution in [3.8, 4) is 11.5 Å². The van der Waals surface area contributed by atoms with E-state index >= 15 is 0 Å². The molecule has 144 valence electrons. The highest BCUT2D eigenvalue weighted by Gasteiger charge is 2.40. The quantitative estimate of drug-likeness (QED) is 0.303. The average molecular weight is 384 g/mol. The second-order valence-electron chi connectivity index (χ2n) is 4.81. The zero-order chi connectivity index (χ0) is 20.1. The van der Waals surface area contributed by atoms with Gasteiger partial charge in [-0.15, -0.1) is 0 Å². The monoisotopic (exact) mass is 384 g/mol. The molecule has 0 bridgehead atoms. The third kappa shape index (κ3) is 4.50. The molecule has 0 aliphatic carbocycles. The van der Waals surface area contributed by atoms with Crippen molar-refractivity contribution in [2.24, 2.45) is 0 Å². The zero-order valence-corrected chi connectivity index (χ0v) is 13.4. The zero-order valence-electron chi connectivity index (χ0n) is 13.4. The molecule has 27 heavy (non-hydrogen) atoms. The predicted molar refractivity (Wildman–Crippen MR) is 83.9 cm³/mol. The minimum Gasteiger partial charge on any atom is -0.478 e. The molecule has 0 saturated heterocycles. The first-order chi connectivity index (χ1) is 12.7. The molecular formula is C13H12N4O10. The Kier molecular flexibility index (Phi) is 5.59. The largest absolute Gasteiger partial charge is 0.478 e. The molecule has 14 heteroatoms. The summed E-state index contributed by atoms with van der Waals surface area (Å²) >= 11 is 0. The molecule has 2 rings (SSSR count). The molecule has 2 aromatic rings. The van der Waals surface area contributed by atoms with Crippen molar-refractivity contribution in [2.45, 2.75) is 12.2 Å². The number of aromatic amines is 4. The molecule has 2 unspecified atom stereocenters. The highest BCUT2D eigenvalue weighted by molar-refractivity contribution is 5.85. The number of hydrogen-bond donors (Lipinski definition) is 5. The van der Waals surface area contributed by atoms with Gasteiger partial charge >= 0.3 is 23.3 Å². The number of hydrogen-bond acceptors (Lipinski definition) is 9. The smallest absolute Gasteiger partial charge is 0.351 e. The Bertz CT molecular complexity index is 1080. The van der Waals surface area contributed by atoms with Gasteiger partial charge in [-0.3, -0.25) is 19.6 Å². The number of aromatic nitrogens is 4. The number of H-pyrrole nitrogens is 4. The molecule has 0 aliphatic rings. The number of carboxylic acids is 1. The van der Waals surface area contributed by atoms with E-state index in [1.165, 1.54) is 0 Å². The van der Waals surface area contributed by atoms with Crippen LogP contribution in [0.3, 0.4) is 0 Å². The van der Waals surface area contributed by atoms with Crippen LogP contribution < -0.4 is 32.0 Å². The van der Waals surface area contributed by atoms with Gasteiger partial charge in [0, 0.05) is 0 Å². The number of carbonyl (C=O) groups is 2. The van der Waals surface area contributed by atoms with Crippen LogP contribution in [0.15, 0.2) is 31.6 Å². The summed E-state index contributed by atoms with van der Waals surface area (Å²) < 4.78 is 14.4. The molecule has 2 aromatic heterocycles. The van der Waals surface area contributed by atoms with E-state index in [-0.39, 0.29) is 0 Å². The molecule has 0 aliphatic heterocycles. The lowest BCUT2D eigenvalue weighted by Crippen LogP contribution is -2.49. The fourth-order valence-electron chi connectivity index (χ4n) is 1.83. The van der Waals surface area contributed by atoms with Gasteiger partial charge in [0.2, 0.25) is 23.7 Å². The molecule has 0 amide bonds. The van der Waals surface area contributed by atoms with Gasteiger partial charge in [-0.1, -0.05) is 0 Å². The number of carboxylic acid groups (broad SMARTS) is 1. The minimum atomic E-state index is -2.16. The lowest BCUT2D eigenvalue weighted by molar-refractivity contribution is -0.164. The van der Waals surface area contributed by atoms with Gasteiger partial charge in [0.15, 0.2) is 0 Å². The maximum atomic E-state index is 12.0. The van der Waals surface area contributed by atoms with Crippen LogP contribution in [0, 0.1) is 0 Å². The van der Waals surface area contributed by atoms with Crippen molar-refractivity contribution in [1.82, 2.24) is 19.9 Å². The van der Waals surface area contributed by atoms with Crippen LogP contribution in [-0.4, -0.2) is 56.3 Å². The SMILES string of the molecule is COC(=O)C(Oc1c[nH]c(=O)[nH]c1=O)C(Oc1c[nH]c(=O)[nH]c1=O)C(=O)O. The summed E-state index contributed by atoms with van der Waals surface area (Å²) in [6.45, 7) is 0. The molecular weight excluding hydrogens is 372 g/mol. The van der Waals surface area contributed by atoms with Crippen molar-refractivity contribution < 1.29 is 28.9 Å². The van der Waals surface area contributed by atoms with Crippen molar-refractivity contribution >= 4 is 11.9 Å². The van der Waals surface area contributed by atoms with Crippen LogP contribution in [0.1, 0.15) is 0 Å². The van der Waals surface area contributed by atoms with Crippen molar-refractivity contribution in [2.75, 3.05) is 7.11 Å². The Hall–Kier alpha value is -4.10. The Morgan fingerprint density at radius 3 is 1.70 bits per heavy atom. The third-order valence-corrected chi connectivity index (χ3v) is 3.03. The van der Waals surface area contributed by atoms with Crippen molar-refractivity contribution in [1.29, 1.82) is 0 Å². The maximum absolute atomic E-state index is 12.0. The van der Waals surface area contributed by atoms with E-state index in [0.717, 1.165) is 19.5 Å².